The second-order valence-electron chi connectivity index (χ2n) is 4.04. The van der Waals surface area contributed by atoms with E-state index in [-0.39, 0.29) is 5.56 Å². The molecule has 0 amide bonds. The third-order valence-electron chi connectivity index (χ3n) is 2.72. The topological polar surface area (TPSA) is 64.7 Å². The van der Waals surface area contributed by atoms with Gasteiger partial charge in [0, 0.05) is 32.0 Å². The lowest BCUT2D eigenvalue weighted by atomic mass is 10.4. The summed E-state index contributed by atoms with van der Waals surface area (Å²) in [6, 6.07) is 1.90. The first kappa shape index (κ1) is 13.8. The molecule has 102 valence electrons. The van der Waals surface area contributed by atoms with E-state index in [9.17, 15) is 4.79 Å². The quantitative estimate of drug-likeness (QED) is 0.821. The van der Waals surface area contributed by atoms with E-state index in [1.54, 1.807) is 12.4 Å². The van der Waals surface area contributed by atoms with Gasteiger partial charge in [0.05, 0.1) is 11.9 Å². The van der Waals surface area contributed by atoms with Crippen LogP contribution in [0.3, 0.4) is 0 Å². The highest BCUT2D eigenvalue weighted by molar-refractivity contribution is 9.10. The van der Waals surface area contributed by atoms with Crippen LogP contribution in [0.1, 0.15) is 13.3 Å². The average Bonchev–Trinajstić information content (AvgIpc) is 2.92. The highest BCUT2D eigenvalue weighted by Crippen LogP contribution is 2.15. The van der Waals surface area contributed by atoms with Crippen LogP contribution in [0.15, 0.2) is 33.9 Å². The van der Waals surface area contributed by atoms with Crippen molar-refractivity contribution in [2.45, 2.75) is 26.4 Å². The van der Waals surface area contributed by atoms with Crippen LogP contribution < -0.4 is 10.9 Å². The Bertz CT molecular complexity index is 578. The minimum atomic E-state index is -0.112. The van der Waals surface area contributed by atoms with Crippen LogP contribution in [-0.2, 0) is 13.1 Å². The fourth-order valence-electron chi connectivity index (χ4n) is 1.71. The summed E-state index contributed by atoms with van der Waals surface area (Å²) < 4.78 is 3.83. The number of nitrogens with one attached hydrogen (secondary N) is 1. The number of aryl methyl sites for hydroxylation is 2. The van der Waals surface area contributed by atoms with Gasteiger partial charge >= 0.3 is 0 Å². The van der Waals surface area contributed by atoms with Crippen molar-refractivity contribution < 1.29 is 0 Å². The van der Waals surface area contributed by atoms with Crippen LogP contribution in [0.4, 0.5) is 5.69 Å². The zero-order valence-electron chi connectivity index (χ0n) is 10.7. The third kappa shape index (κ3) is 3.44. The Labute approximate surface area is 119 Å². The van der Waals surface area contributed by atoms with Crippen molar-refractivity contribution in [2.24, 2.45) is 0 Å². The summed E-state index contributed by atoms with van der Waals surface area (Å²) in [5, 5.41) is 11.4. The smallest absolute Gasteiger partial charge is 0.283 e. The summed E-state index contributed by atoms with van der Waals surface area (Å²) in [4.78, 5) is 11.8. The standard InChI is InChI=1S/C12H16BrN5O/c1-2-18-12(19)11(13)10(9-16-18)14-5-3-7-17-8-4-6-15-17/h4,6,8-9,14H,2-3,5,7H2,1H3. The lowest BCUT2D eigenvalue weighted by Gasteiger charge is -2.09. The van der Waals surface area contributed by atoms with Gasteiger partial charge in [0.1, 0.15) is 4.47 Å². The molecule has 2 heterocycles. The highest BCUT2D eigenvalue weighted by atomic mass is 79.9. The molecule has 0 fully saturated rings. The van der Waals surface area contributed by atoms with Crippen LogP contribution in [-0.4, -0.2) is 26.1 Å². The molecular formula is C12H16BrN5O. The van der Waals surface area contributed by atoms with E-state index < -0.39 is 0 Å². The van der Waals surface area contributed by atoms with E-state index in [1.807, 2.05) is 23.9 Å². The summed E-state index contributed by atoms with van der Waals surface area (Å²) in [6.07, 6.45) is 6.28. The maximum absolute atomic E-state index is 11.8. The lowest BCUT2D eigenvalue weighted by Crippen LogP contribution is -2.23. The summed E-state index contributed by atoms with van der Waals surface area (Å²) in [5.74, 6) is 0. The predicted molar refractivity (Wildman–Crippen MR) is 77.2 cm³/mol. The summed E-state index contributed by atoms with van der Waals surface area (Å²) >= 11 is 3.31. The Hall–Kier alpha value is -1.63. The molecule has 2 aromatic heterocycles. The van der Waals surface area contributed by atoms with Crippen molar-refractivity contribution in [2.75, 3.05) is 11.9 Å². The molecule has 0 saturated heterocycles. The molecule has 0 unspecified atom stereocenters. The van der Waals surface area contributed by atoms with Crippen molar-refractivity contribution in [3.8, 4) is 0 Å². The molecule has 0 radical (unpaired) electrons. The fraction of sp³-hybridized carbons (Fsp3) is 0.417. The van der Waals surface area contributed by atoms with Crippen LogP contribution in [0.2, 0.25) is 0 Å². The van der Waals surface area contributed by atoms with E-state index in [0.717, 1.165) is 25.2 Å². The zero-order valence-corrected chi connectivity index (χ0v) is 12.3. The minimum Gasteiger partial charge on any atom is -0.383 e. The Kier molecular flexibility index (Phi) is 4.73. The van der Waals surface area contributed by atoms with E-state index in [1.165, 1.54) is 4.68 Å². The molecule has 0 bridgehead atoms. The van der Waals surface area contributed by atoms with Crippen molar-refractivity contribution in [1.29, 1.82) is 0 Å². The maximum Gasteiger partial charge on any atom is 0.283 e. The van der Waals surface area contributed by atoms with Crippen LogP contribution in [0, 0.1) is 0 Å². The largest absolute Gasteiger partial charge is 0.383 e. The molecule has 19 heavy (non-hydrogen) atoms. The summed E-state index contributed by atoms with van der Waals surface area (Å²) in [6.45, 7) is 4.06. The fourth-order valence-corrected chi connectivity index (χ4v) is 2.16. The van der Waals surface area contributed by atoms with E-state index in [0.29, 0.717) is 11.0 Å². The monoisotopic (exact) mass is 325 g/mol. The van der Waals surface area contributed by atoms with E-state index >= 15 is 0 Å². The van der Waals surface area contributed by atoms with Crippen LogP contribution in [0.25, 0.3) is 0 Å². The number of aromatic nitrogens is 4. The van der Waals surface area contributed by atoms with Gasteiger partial charge < -0.3 is 5.32 Å². The van der Waals surface area contributed by atoms with Crippen molar-refractivity contribution >= 4 is 21.6 Å². The van der Waals surface area contributed by atoms with Crippen molar-refractivity contribution in [1.82, 2.24) is 19.6 Å². The van der Waals surface area contributed by atoms with Gasteiger partial charge in [0.25, 0.3) is 5.56 Å². The molecule has 7 heteroatoms. The Morgan fingerprint density at radius 3 is 2.95 bits per heavy atom. The van der Waals surface area contributed by atoms with Crippen molar-refractivity contribution in [3.05, 3.63) is 39.5 Å². The highest BCUT2D eigenvalue weighted by Gasteiger charge is 2.06. The minimum absolute atomic E-state index is 0.112. The van der Waals surface area contributed by atoms with Gasteiger partial charge in [-0.2, -0.15) is 10.2 Å². The predicted octanol–water partition coefficient (Wildman–Crippen LogP) is 1.72. The van der Waals surface area contributed by atoms with Gasteiger partial charge in [-0.3, -0.25) is 9.48 Å². The second kappa shape index (κ2) is 6.51. The van der Waals surface area contributed by atoms with E-state index in [2.05, 4.69) is 31.4 Å². The first-order valence-electron chi connectivity index (χ1n) is 6.19. The third-order valence-corrected chi connectivity index (χ3v) is 3.49. The Morgan fingerprint density at radius 2 is 2.26 bits per heavy atom. The van der Waals surface area contributed by atoms with Gasteiger partial charge in [-0.05, 0) is 35.3 Å². The van der Waals surface area contributed by atoms with E-state index in [4.69, 9.17) is 0 Å². The Morgan fingerprint density at radius 1 is 1.42 bits per heavy atom. The molecule has 0 aromatic carbocycles. The molecule has 0 spiro atoms. The van der Waals surface area contributed by atoms with Gasteiger partial charge in [-0.25, -0.2) is 4.68 Å². The first-order chi connectivity index (χ1) is 9.22. The molecule has 6 nitrogen and oxygen atoms in total. The van der Waals surface area contributed by atoms with Gasteiger partial charge in [-0.1, -0.05) is 0 Å². The average molecular weight is 326 g/mol. The molecule has 0 aliphatic rings. The summed E-state index contributed by atoms with van der Waals surface area (Å²) in [5.41, 5.74) is 0.620. The number of nitrogens with zero attached hydrogens (tertiary/aromatic N) is 4. The molecule has 0 saturated carbocycles. The Balaban J connectivity index is 1.89. The number of hydrogen-bond donors (Lipinski definition) is 1. The SMILES string of the molecule is CCn1ncc(NCCCn2cccn2)c(Br)c1=O. The molecule has 0 atom stereocenters. The molecule has 2 rings (SSSR count). The van der Waals surface area contributed by atoms with Crippen LogP contribution in [0.5, 0.6) is 0 Å². The number of hydrogen-bond acceptors (Lipinski definition) is 4. The first-order valence-corrected chi connectivity index (χ1v) is 6.98. The van der Waals surface area contributed by atoms with Gasteiger partial charge in [-0.15, -0.1) is 0 Å². The number of anilines is 1. The van der Waals surface area contributed by atoms with Crippen molar-refractivity contribution in [3.63, 3.8) is 0 Å². The number of rotatable bonds is 6. The summed E-state index contributed by atoms with van der Waals surface area (Å²) in [7, 11) is 0. The molecular weight excluding hydrogens is 310 g/mol. The second-order valence-corrected chi connectivity index (χ2v) is 4.84. The van der Waals surface area contributed by atoms with Crippen LogP contribution >= 0.6 is 15.9 Å². The van der Waals surface area contributed by atoms with Gasteiger partial charge in [0.2, 0.25) is 0 Å². The molecule has 0 aliphatic carbocycles. The van der Waals surface area contributed by atoms with Gasteiger partial charge in [0.15, 0.2) is 0 Å². The molecule has 1 N–H and O–H groups in total. The number of halogens is 1. The normalized spacial score (nSPS) is 10.6. The zero-order chi connectivity index (χ0) is 13.7. The molecule has 0 aliphatic heterocycles. The maximum atomic E-state index is 11.8. The lowest BCUT2D eigenvalue weighted by molar-refractivity contribution is 0.590. The molecule has 2 aromatic rings.